The van der Waals surface area contributed by atoms with Gasteiger partial charge in [0.15, 0.2) is 15.1 Å². The second kappa shape index (κ2) is 4.57. The summed E-state index contributed by atoms with van der Waals surface area (Å²) in [5.74, 6) is -1.33. The molecule has 0 bridgehead atoms. The van der Waals surface area contributed by atoms with Gasteiger partial charge in [-0.25, -0.2) is 8.42 Å². The van der Waals surface area contributed by atoms with E-state index in [9.17, 15) is 13.2 Å². The predicted molar refractivity (Wildman–Crippen MR) is 47.4 cm³/mol. The Morgan fingerprint density at radius 3 is 2.23 bits per heavy atom. The van der Waals surface area contributed by atoms with Crippen LogP contribution >= 0.6 is 0 Å². The third-order valence-electron chi connectivity index (χ3n) is 1.80. The number of hydrogen-bond donors (Lipinski definition) is 1. The highest BCUT2D eigenvalue weighted by Gasteiger charge is 2.32. The molecule has 5 nitrogen and oxygen atoms in total. The van der Waals surface area contributed by atoms with Crippen molar-refractivity contribution < 1.29 is 23.1 Å². The summed E-state index contributed by atoms with van der Waals surface area (Å²) >= 11 is 0. The number of aliphatic carboxylic acids is 1. The molecule has 0 aromatic rings. The van der Waals surface area contributed by atoms with Crippen LogP contribution in [0.4, 0.5) is 0 Å². The molecule has 0 spiro atoms. The number of carbonyl (C=O) groups is 1. The van der Waals surface area contributed by atoms with E-state index in [0.717, 1.165) is 6.92 Å². The van der Waals surface area contributed by atoms with Gasteiger partial charge < -0.3 is 9.84 Å². The molecule has 0 rings (SSSR count). The molecule has 6 heteroatoms. The van der Waals surface area contributed by atoms with Crippen molar-refractivity contribution in [2.45, 2.75) is 24.3 Å². The molecule has 78 valence electrons. The summed E-state index contributed by atoms with van der Waals surface area (Å²) in [5, 5.41) is 6.35. The largest absolute Gasteiger partial charge is 0.480 e. The number of hydrogen-bond acceptors (Lipinski definition) is 4. The van der Waals surface area contributed by atoms with E-state index in [4.69, 9.17) is 5.11 Å². The van der Waals surface area contributed by atoms with E-state index in [1.165, 1.54) is 14.0 Å². The van der Waals surface area contributed by atoms with Crippen molar-refractivity contribution in [1.29, 1.82) is 0 Å². The van der Waals surface area contributed by atoms with Crippen LogP contribution in [0.25, 0.3) is 0 Å². The van der Waals surface area contributed by atoms with Crippen molar-refractivity contribution in [3.8, 4) is 0 Å². The number of carboxylic acids is 1. The highest BCUT2D eigenvalue weighted by molar-refractivity contribution is 7.93. The van der Waals surface area contributed by atoms with Crippen molar-refractivity contribution in [2.75, 3.05) is 13.7 Å². The lowest BCUT2D eigenvalue weighted by Crippen LogP contribution is -2.36. The fourth-order valence-electron chi connectivity index (χ4n) is 0.819. The van der Waals surface area contributed by atoms with Crippen molar-refractivity contribution >= 4 is 15.8 Å². The SMILES string of the molecule is COCC(C)S(=O)(=O)C(C)C(=O)O. The third-order valence-corrected chi connectivity index (χ3v) is 4.25. The number of sulfone groups is 1. The van der Waals surface area contributed by atoms with Crippen molar-refractivity contribution in [3.63, 3.8) is 0 Å². The van der Waals surface area contributed by atoms with Gasteiger partial charge in [-0.05, 0) is 13.8 Å². The zero-order valence-electron chi connectivity index (χ0n) is 7.85. The first-order valence-corrected chi connectivity index (χ1v) is 5.39. The average Bonchev–Trinajstić information content (AvgIpc) is 2.03. The lowest BCUT2D eigenvalue weighted by Gasteiger charge is -2.14. The number of carboxylic acid groups (broad SMARTS) is 1. The predicted octanol–water partition coefficient (Wildman–Crippen LogP) is -0.0908. The van der Waals surface area contributed by atoms with Crippen LogP contribution in [0.15, 0.2) is 0 Å². The Hall–Kier alpha value is -0.620. The van der Waals surface area contributed by atoms with Gasteiger partial charge in [-0.15, -0.1) is 0 Å². The van der Waals surface area contributed by atoms with E-state index in [2.05, 4.69) is 4.74 Å². The first-order chi connectivity index (χ1) is 5.84. The van der Waals surface area contributed by atoms with E-state index < -0.39 is 26.3 Å². The molecule has 0 radical (unpaired) electrons. The van der Waals surface area contributed by atoms with Crippen LogP contribution in [-0.2, 0) is 19.4 Å². The second-order valence-electron chi connectivity index (χ2n) is 2.84. The molecule has 0 saturated heterocycles. The molecule has 0 fully saturated rings. The fraction of sp³-hybridized carbons (Fsp3) is 0.857. The maximum absolute atomic E-state index is 11.4. The summed E-state index contributed by atoms with van der Waals surface area (Å²) in [6, 6.07) is 0. The second-order valence-corrected chi connectivity index (χ2v) is 5.53. The summed E-state index contributed by atoms with van der Waals surface area (Å²) in [6.07, 6.45) is 0. The first kappa shape index (κ1) is 12.4. The molecule has 0 aliphatic heterocycles. The number of rotatable bonds is 5. The summed E-state index contributed by atoms with van der Waals surface area (Å²) in [6.45, 7) is 2.60. The van der Waals surface area contributed by atoms with Gasteiger partial charge in [0, 0.05) is 7.11 Å². The molecule has 0 amide bonds. The molecule has 0 aromatic carbocycles. The van der Waals surface area contributed by atoms with E-state index >= 15 is 0 Å². The standard InChI is InChI=1S/C7H14O5S/c1-5(4-12-3)13(10,11)6(2)7(8)9/h5-6H,4H2,1-3H3,(H,8,9). The van der Waals surface area contributed by atoms with Gasteiger partial charge in [0.2, 0.25) is 0 Å². The molecule has 1 N–H and O–H groups in total. The summed E-state index contributed by atoms with van der Waals surface area (Å²) in [4.78, 5) is 10.4. The maximum atomic E-state index is 11.4. The van der Waals surface area contributed by atoms with Gasteiger partial charge >= 0.3 is 5.97 Å². The topological polar surface area (TPSA) is 80.7 Å². The maximum Gasteiger partial charge on any atom is 0.321 e. The smallest absolute Gasteiger partial charge is 0.321 e. The van der Waals surface area contributed by atoms with Crippen molar-refractivity contribution in [3.05, 3.63) is 0 Å². The highest BCUT2D eigenvalue weighted by atomic mass is 32.2. The summed E-state index contributed by atoms with van der Waals surface area (Å²) in [7, 11) is -2.25. The van der Waals surface area contributed by atoms with Crippen LogP contribution in [-0.4, -0.2) is 43.7 Å². The Bertz CT molecular complexity index is 269. The molecular weight excluding hydrogens is 196 g/mol. The highest BCUT2D eigenvalue weighted by Crippen LogP contribution is 2.09. The van der Waals surface area contributed by atoms with Crippen LogP contribution in [0.5, 0.6) is 0 Å². The molecule has 13 heavy (non-hydrogen) atoms. The van der Waals surface area contributed by atoms with Crippen LogP contribution in [0, 0.1) is 0 Å². The lowest BCUT2D eigenvalue weighted by molar-refractivity contribution is -0.136. The van der Waals surface area contributed by atoms with Crippen molar-refractivity contribution in [2.24, 2.45) is 0 Å². The van der Waals surface area contributed by atoms with Gasteiger partial charge in [-0.1, -0.05) is 0 Å². The minimum Gasteiger partial charge on any atom is -0.480 e. The molecule has 0 aliphatic rings. The van der Waals surface area contributed by atoms with E-state index in [-0.39, 0.29) is 6.61 Å². The third kappa shape index (κ3) is 2.96. The molecule has 0 aromatic heterocycles. The normalized spacial score (nSPS) is 16.5. The zero-order valence-corrected chi connectivity index (χ0v) is 8.67. The molecule has 2 unspecified atom stereocenters. The zero-order chi connectivity index (χ0) is 10.6. The van der Waals surface area contributed by atoms with Gasteiger partial charge in [-0.3, -0.25) is 4.79 Å². The molecule has 0 aliphatic carbocycles. The average molecular weight is 210 g/mol. The van der Waals surface area contributed by atoms with Gasteiger partial charge in [0.25, 0.3) is 0 Å². The molecule has 0 saturated carbocycles. The Labute approximate surface area is 77.6 Å². The van der Waals surface area contributed by atoms with E-state index in [1.807, 2.05) is 0 Å². The van der Waals surface area contributed by atoms with Crippen LogP contribution in [0.2, 0.25) is 0 Å². The van der Waals surface area contributed by atoms with Gasteiger partial charge in [0.05, 0.1) is 11.9 Å². The van der Waals surface area contributed by atoms with Gasteiger partial charge in [-0.2, -0.15) is 0 Å². The molecule has 2 atom stereocenters. The first-order valence-electron chi connectivity index (χ1n) is 3.78. The Kier molecular flexibility index (Phi) is 4.35. The Morgan fingerprint density at radius 2 is 1.92 bits per heavy atom. The lowest BCUT2D eigenvalue weighted by atomic mass is 10.5. The molecule has 0 heterocycles. The fourth-order valence-corrected chi connectivity index (χ4v) is 2.12. The Morgan fingerprint density at radius 1 is 1.46 bits per heavy atom. The van der Waals surface area contributed by atoms with Crippen LogP contribution in [0.3, 0.4) is 0 Å². The minimum absolute atomic E-state index is 0.0138. The van der Waals surface area contributed by atoms with Crippen LogP contribution < -0.4 is 0 Å². The summed E-state index contributed by atoms with van der Waals surface area (Å²) < 4.78 is 27.4. The molecular formula is C7H14O5S. The minimum atomic E-state index is -3.62. The summed E-state index contributed by atoms with van der Waals surface area (Å²) in [5.41, 5.74) is 0. The van der Waals surface area contributed by atoms with E-state index in [1.54, 1.807) is 0 Å². The van der Waals surface area contributed by atoms with Crippen LogP contribution in [0.1, 0.15) is 13.8 Å². The van der Waals surface area contributed by atoms with Gasteiger partial charge in [0.1, 0.15) is 0 Å². The van der Waals surface area contributed by atoms with Crippen molar-refractivity contribution in [1.82, 2.24) is 0 Å². The monoisotopic (exact) mass is 210 g/mol. The Balaban J connectivity index is 4.66. The number of methoxy groups -OCH3 is 1. The van der Waals surface area contributed by atoms with E-state index in [0.29, 0.717) is 0 Å². The quantitative estimate of drug-likeness (QED) is 0.685. The number of ether oxygens (including phenoxy) is 1.